The predicted octanol–water partition coefficient (Wildman–Crippen LogP) is 5.77. The van der Waals surface area contributed by atoms with Crippen LogP contribution in [-0.2, 0) is 0 Å². The van der Waals surface area contributed by atoms with E-state index in [-0.39, 0.29) is 11.0 Å². The Hall–Kier alpha value is -4.15. The molecule has 3 heterocycles. The van der Waals surface area contributed by atoms with E-state index >= 15 is 0 Å². The molecule has 0 aliphatic carbocycles. The van der Waals surface area contributed by atoms with Crippen molar-refractivity contribution in [2.45, 2.75) is 0 Å². The molecule has 6 aromatic rings. The van der Waals surface area contributed by atoms with Crippen molar-refractivity contribution in [3.05, 3.63) is 140 Å². The van der Waals surface area contributed by atoms with Crippen molar-refractivity contribution in [3.8, 4) is 11.1 Å². The highest BCUT2D eigenvalue weighted by molar-refractivity contribution is 6.03. The van der Waals surface area contributed by atoms with E-state index in [1.807, 2.05) is 54.7 Å². The largest absolute Gasteiger partial charge is 0.265 e. The van der Waals surface area contributed by atoms with Gasteiger partial charge in [-0.25, -0.2) is 0 Å². The summed E-state index contributed by atoms with van der Waals surface area (Å²) in [6.07, 6.45) is 7.12. The average Bonchev–Trinajstić information content (AvgIpc) is 2.91. The van der Waals surface area contributed by atoms with Crippen LogP contribution in [0.3, 0.4) is 0 Å². The maximum absolute atomic E-state index is 4.37. The summed E-state index contributed by atoms with van der Waals surface area (Å²) >= 11 is 0. The first-order chi connectivity index (χ1) is 15.9. The summed E-state index contributed by atoms with van der Waals surface area (Å²) in [4.78, 5) is 12.4. The second-order valence-electron chi connectivity index (χ2n) is 6.97. The van der Waals surface area contributed by atoms with E-state index in [1.54, 1.807) is 18.6 Å². The number of hydrogen-bond donors (Lipinski definition) is 0. The highest BCUT2D eigenvalue weighted by Crippen LogP contribution is 2.21. The SMILES string of the molecule is [SiH4].c1ccc(-c2ccccc2)cc1.c1ccncc1.c1cnc2c(c1)ccc1ncccc12. The maximum Gasteiger partial charge on any atom is 0.0795 e. The van der Waals surface area contributed by atoms with Gasteiger partial charge in [0, 0.05) is 35.6 Å². The first-order valence-corrected chi connectivity index (χ1v) is 10.5. The zero-order chi connectivity index (χ0) is 21.8. The van der Waals surface area contributed by atoms with E-state index in [9.17, 15) is 0 Å². The standard InChI is InChI=1S/C12H8N2.C12H10.C5H5N.H4Si/c1-3-9-5-6-11-10(4-2-7-13-11)12(9)14-8-1;1-3-7-11(8-4-1)12-9-5-2-6-10-12;1-2-4-6-5-3-1;/h1-8H;1-10H;1-5H;1H4. The van der Waals surface area contributed by atoms with Gasteiger partial charge in [-0.3, -0.25) is 15.0 Å². The Labute approximate surface area is 198 Å². The average molecular weight is 446 g/mol. The van der Waals surface area contributed by atoms with E-state index in [1.165, 1.54) is 11.1 Å². The number of aromatic nitrogens is 3. The Bertz CT molecular complexity index is 1240. The lowest BCUT2D eigenvalue weighted by atomic mass is 10.1. The Morgan fingerprint density at radius 1 is 0.424 bits per heavy atom. The van der Waals surface area contributed by atoms with E-state index in [4.69, 9.17) is 0 Å². The van der Waals surface area contributed by atoms with Crippen LogP contribution in [0.4, 0.5) is 0 Å². The molecule has 3 aromatic heterocycles. The molecule has 0 atom stereocenters. The molecule has 3 nitrogen and oxygen atoms in total. The molecule has 33 heavy (non-hydrogen) atoms. The van der Waals surface area contributed by atoms with Crippen LogP contribution < -0.4 is 0 Å². The van der Waals surface area contributed by atoms with Crippen LogP contribution in [0.2, 0.25) is 0 Å². The van der Waals surface area contributed by atoms with Gasteiger partial charge in [-0.05, 0) is 58.5 Å². The molecule has 0 saturated heterocycles. The fourth-order valence-electron chi connectivity index (χ4n) is 3.27. The molecule has 6 rings (SSSR count). The smallest absolute Gasteiger partial charge is 0.0795 e. The zero-order valence-corrected chi connectivity index (χ0v) is 17.6. The van der Waals surface area contributed by atoms with Crippen molar-refractivity contribution in [3.63, 3.8) is 0 Å². The van der Waals surface area contributed by atoms with Gasteiger partial charge in [-0.2, -0.15) is 0 Å². The zero-order valence-electron chi connectivity index (χ0n) is 17.6. The molecule has 4 heteroatoms. The van der Waals surface area contributed by atoms with Crippen molar-refractivity contribution in [1.29, 1.82) is 0 Å². The lowest BCUT2D eigenvalue weighted by Crippen LogP contribution is -1.82. The first kappa shape index (κ1) is 23.5. The van der Waals surface area contributed by atoms with Gasteiger partial charge in [0.05, 0.1) is 11.0 Å². The molecular weight excluding hydrogens is 418 g/mol. The van der Waals surface area contributed by atoms with Crippen LogP contribution in [0, 0.1) is 0 Å². The number of pyridine rings is 3. The first-order valence-electron chi connectivity index (χ1n) is 10.5. The topological polar surface area (TPSA) is 38.7 Å². The van der Waals surface area contributed by atoms with E-state index in [0.29, 0.717) is 0 Å². The number of nitrogens with zero attached hydrogens (tertiary/aromatic N) is 3. The van der Waals surface area contributed by atoms with Crippen molar-refractivity contribution < 1.29 is 0 Å². The fourth-order valence-corrected chi connectivity index (χ4v) is 3.27. The van der Waals surface area contributed by atoms with Crippen LogP contribution >= 0.6 is 0 Å². The van der Waals surface area contributed by atoms with E-state index in [0.717, 1.165) is 21.8 Å². The molecule has 0 bridgehead atoms. The van der Waals surface area contributed by atoms with Gasteiger partial charge in [-0.1, -0.05) is 78.9 Å². The normalized spacial score (nSPS) is 9.58. The van der Waals surface area contributed by atoms with Gasteiger partial charge in [0.25, 0.3) is 0 Å². The van der Waals surface area contributed by atoms with Gasteiger partial charge in [0.15, 0.2) is 0 Å². The Kier molecular flexibility index (Phi) is 9.01. The minimum Gasteiger partial charge on any atom is -0.265 e. The highest BCUT2D eigenvalue weighted by Gasteiger charge is 1.99. The molecule has 0 spiro atoms. The van der Waals surface area contributed by atoms with Crippen LogP contribution in [0.25, 0.3) is 32.9 Å². The Morgan fingerprint density at radius 3 is 1.58 bits per heavy atom. The fraction of sp³-hybridized carbons (Fsp3) is 0. The number of hydrogen-bond acceptors (Lipinski definition) is 3. The molecule has 0 unspecified atom stereocenters. The number of benzene rings is 3. The third-order valence-corrected chi connectivity index (χ3v) is 4.80. The summed E-state index contributed by atoms with van der Waals surface area (Å²) < 4.78 is 0. The molecule has 0 radical (unpaired) electrons. The molecular formula is C29H27N3Si. The summed E-state index contributed by atoms with van der Waals surface area (Å²) in [6.45, 7) is 0. The van der Waals surface area contributed by atoms with Crippen molar-refractivity contribution >= 4 is 32.8 Å². The summed E-state index contributed by atoms with van der Waals surface area (Å²) in [7, 11) is 0. The molecule has 0 amide bonds. The van der Waals surface area contributed by atoms with Crippen LogP contribution in [0.5, 0.6) is 0 Å². The van der Waals surface area contributed by atoms with Crippen molar-refractivity contribution in [2.24, 2.45) is 0 Å². The van der Waals surface area contributed by atoms with Gasteiger partial charge in [-0.15, -0.1) is 0 Å². The van der Waals surface area contributed by atoms with E-state index < -0.39 is 0 Å². The lowest BCUT2D eigenvalue weighted by Gasteiger charge is -2.00. The summed E-state index contributed by atoms with van der Waals surface area (Å²) in [5.41, 5.74) is 4.58. The van der Waals surface area contributed by atoms with Gasteiger partial charge in [0.2, 0.25) is 0 Å². The van der Waals surface area contributed by atoms with Crippen LogP contribution in [0.1, 0.15) is 0 Å². The van der Waals surface area contributed by atoms with Crippen LogP contribution in [-0.4, -0.2) is 25.9 Å². The highest BCUT2D eigenvalue weighted by atomic mass is 28.1. The molecule has 162 valence electrons. The van der Waals surface area contributed by atoms with Gasteiger partial charge >= 0.3 is 0 Å². The molecule has 0 N–H and O–H groups in total. The Morgan fingerprint density at radius 2 is 1.00 bits per heavy atom. The third kappa shape index (κ3) is 6.66. The van der Waals surface area contributed by atoms with E-state index in [2.05, 4.69) is 81.7 Å². The monoisotopic (exact) mass is 445 g/mol. The molecule has 0 saturated carbocycles. The van der Waals surface area contributed by atoms with Gasteiger partial charge < -0.3 is 0 Å². The Balaban J connectivity index is 0.000000147. The minimum absolute atomic E-state index is 0. The summed E-state index contributed by atoms with van der Waals surface area (Å²) in [6, 6.07) is 38.6. The summed E-state index contributed by atoms with van der Waals surface area (Å²) in [5, 5.41) is 2.28. The van der Waals surface area contributed by atoms with Crippen molar-refractivity contribution in [2.75, 3.05) is 0 Å². The maximum atomic E-state index is 4.37. The second kappa shape index (κ2) is 12.6. The minimum atomic E-state index is 0. The summed E-state index contributed by atoms with van der Waals surface area (Å²) in [5.74, 6) is 0. The molecule has 0 aliphatic heterocycles. The second-order valence-corrected chi connectivity index (χ2v) is 6.97. The van der Waals surface area contributed by atoms with Crippen LogP contribution in [0.15, 0.2) is 140 Å². The number of fused-ring (bicyclic) bond motifs is 3. The third-order valence-electron chi connectivity index (χ3n) is 4.80. The number of rotatable bonds is 1. The molecule has 0 fully saturated rings. The molecule has 0 aliphatic rings. The van der Waals surface area contributed by atoms with Gasteiger partial charge in [0.1, 0.15) is 0 Å². The predicted molar refractivity (Wildman–Crippen MR) is 144 cm³/mol. The quantitative estimate of drug-likeness (QED) is 0.238. The molecule has 3 aromatic carbocycles. The van der Waals surface area contributed by atoms with Crippen molar-refractivity contribution in [1.82, 2.24) is 15.0 Å². The lowest BCUT2D eigenvalue weighted by molar-refractivity contribution is 1.33.